The van der Waals surface area contributed by atoms with E-state index in [-0.39, 0.29) is 23.1 Å². The summed E-state index contributed by atoms with van der Waals surface area (Å²) in [5, 5.41) is 2.84. The standard InChI is InChI=1S/C30H36BrN3O6S/c1-6-17-32-30(36)22(3)33(19-23-9-11-24(31)12-10-23)29(35)20-34(25-13-7-21(2)8-14-25)41(37,38)26-15-16-27(39-4)28(18-26)40-5/h7-16,18,22H,6,17,19-20H2,1-5H3,(H,32,36). The lowest BCUT2D eigenvalue weighted by atomic mass is 10.1. The maximum atomic E-state index is 14.1. The molecule has 3 rings (SSSR count). The van der Waals surface area contributed by atoms with Gasteiger partial charge in [-0.1, -0.05) is 52.7 Å². The van der Waals surface area contributed by atoms with Gasteiger partial charge in [0.1, 0.15) is 12.6 Å². The Morgan fingerprint density at radius 2 is 1.59 bits per heavy atom. The molecule has 1 unspecified atom stereocenters. The predicted octanol–water partition coefficient (Wildman–Crippen LogP) is 4.91. The summed E-state index contributed by atoms with van der Waals surface area (Å²) in [7, 11) is -1.37. The molecule has 3 aromatic carbocycles. The van der Waals surface area contributed by atoms with Crippen LogP contribution in [0.4, 0.5) is 5.69 Å². The minimum atomic E-state index is -4.25. The highest BCUT2D eigenvalue weighted by Gasteiger charge is 2.33. The number of nitrogens with zero attached hydrogens (tertiary/aromatic N) is 2. The van der Waals surface area contributed by atoms with E-state index in [1.165, 1.54) is 37.3 Å². The van der Waals surface area contributed by atoms with Gasteiger partial charge in [0.25, 0.3) is 10.0 Å². The van der Waals surface area contributed by atoms with E-state index in [1.807, 2.05) is 38.1 Å². The zero-order valence-electron chi connectivity index (χ0n) is 23.9. The second kappa shape index (κ2) is 14.4. The van der Waals surface area contributed by atoms with Crippen molar-refractivity contribution in [1.82, 2.24) is 10.2 Å². The van der Waals surface area contributed by atoms with Crippen LogP contribution >= 0.6 is 15.9 Å². The number of carbonyl (C=O) groups is 2. The minimum Gasteiger partial charge on any atom is -0.493 e. The molecule has 0 spiro atoms. The van der Waals surface area contributed by atoms with Gasteiger partial charge in [-0.2, -0.15) is 0 Å². The number of ether oxygens (including phenoxy) is 2. The summed E-state index contributed by atoms with van der Waals surface area (Å²) in [4.78, 5) is 28.3. The van der Waals surface area contributed by atoms with E-state index in [4.69, 9.17) is 9.47 Å². The summed E-state index contributed by atoms with van der Waals surface area (Å²) >= 11 is 3.41. The number of halogens is 1. The molecule has 0 aliphatic heterocycles. The first-order valence-corrected chi connectivity index (χ1v) is 15.4. The Bertz CT molecular complexity index is 1450. The molecule has 11 heteroatoms. The lowest BCUT2D eigenvalue weighted by molar-refractivity contribution is -0.139. The molecule has 3 aromatic rings. The summed E-state index contributed by atoms with van der Waals surface area (Å²) in [5.74, 6) is -0.238. The molecule has 0 heterocycles. The van der Waals surface area contributed by atoms with Crippen LogP contribution in [0.3, 0.4) is 0 Å². The molecule has 0 saturated carbocycles. The topological polar surface area (TPSA) is 105 Å². The van der Waals surface area contributed by atoms with Gasteiger partial charge in [-0.05, 0) is 62.2 Å². The van der Waals surface area contributed by atoms with Crippen molar-refractivity contribution in [3.05, 3.63) is 82.3 Å². The monoisotopic (exact) mass is 645 g/mol. The van der Waals surface area contributed by atoms with Gasteiger partial charge in [-0.25, -0.2) is 8.42 Å². The summed E-state index contributed by atoms with van der Waals surface area (Å²) in [6.45, 7) is 5.52. The molecule has 9 nitrogen and oxygen atoms in total. The average molecular weight is 647 g/mol. The van der Waals surface area contributed by atoms with Gasteiger partial charge >= 0.3 is 0 Å². The summed E-state index contributed by atoms with van der Waals surface area (Å²) in [6, 6.07) is 17.7. The van der Waals surface area contributed by atoms with Gasteiger partial charge in [0.05, 0.1) is 24.8 Å². The van der Waals surface area contributed by atoms with E-state index in [0.717, 1.165) is 26.3 Å². The highest BCUT2D eigenvalue weighted by atomic mass is 79.9. The van der Waals surface area contributed by atoms with Crippen molar-refractivity contribution in [1.29, 1.82) is 0 Å². The van der Waals surface area contributed by atoms with E-state index in [2.05, 4.69) is 21.2 Å². The number of nitrogens with one attached hydrogen (secondary N) is 1. The molecule has 220 valence electrons. The fourth-order valence-electron chi connectivity index (χ4n) is 4.11. The smallest absolute Gasteiger partial charge is 0.264 e. The number of rotatable bonds is 13. The second-order valence-corrected chi connectivity index (χ2v) is 12.3. The van der Waals surface area contributed by atoms with E-state index < -0.39 is 28.5 Å². The fourth-order valence-corrected chi connectivity index (χ4v) is 5.80. The van der Waals surface area contributed by atoms with Gasteiger partial charge in [0.2, 0.25) is 11.8 Å². The highest BCUT2D eigenvalue weighted by molar-refractivity contribution is 9.10. The van der Waals surface area contributed by atoms with Crippen LogP contribution in [0.15, 0.2) is 76.1 Å². The van der Waals surface area contributed by atoms with Crippen LogP contribution in [0.1, 0.15) is 31.4 Å². The molecule has 0 aliphatic carbocycles. The lowest BCUT2D eigenvalue weighted by Crippen LogP contribution is -2.51. The normalized spacial score (nSPS) is 11.9. The zero-order valence-corrected chi connectivity index (χ0v) is 26.3. The van der Waals surface area contributed by atoms with Gasteiger partial charge in [0, 0.05) is 23.6 Å². The van der Waals surface area contributed by atoms with Gasteiger partial charge in [-0.15, -0.1) is 0 Å². The van der Waals surface area contributed by atoms with Crippen molar-refractivity contribution in [2.45, 2.75) is 44.7 Å². The van der Waals surface area contributed by atoms with E-state index in [0.29, 0.717) is 18.0 Å². The van der Waals surface area contributed by atoms with Crippen molar-refractivity contribution in [2.75, 3.05) is 31.6 Å². The van der Waals surface area contributed by atoms with Crippen molar-refractivity contribution >= 4 is 43.5 Å². The molecular weight excluding hydrogens is 610 g/mol. The Labute approximate surface area is 250 Å². The van der Waals surface area contributed by atoms with E-state index in [9.17, 15) is 18.0 Å². The van der Waals surface area contributed by atoms with Crippen LogP contribution < -0.4 is 19.1 Å². The first kappa shape index (κ1) is 32.0. The first-order chi connectivity index (χ1) is 19.5. The number of anilines is 1. The molecule has 0 aliphatic rings. The van der Waals surface area contributed by atoms with Crippen LogP contribution in [0.25, 0.3) is 0 Å². The third kappa shape index (κ3) is 8.01. The number of methoxy groups -OCH3 is 2. The van der Waals surface area contributed by atoms with Gasteiger partial charge in [0.15, 0.2) is 11.5 Å². The molecule has 41 heavy (non-hydrogen) atoms. The molecule has 0 aromatic heterocycles. The van der Waals surface area contributed by atoms with Crippen LogP contribution in [-0.4, -0.2) is 58.5 Å². The van der Waals surface area contributed by atoms with Crippen LogP contribution in [0, 0.1) is 6.92 Å². The SMILES string of the molecule is CCCNC(=O)C(C)N(Cc1ccc(Br)cc1)C(=O)CN(c1ccc(C)cc1)S(=O)(=O)c1ccc(OC)c(OC)c1. The average Bonchev–Trinajstić information content (AvgIpc) is 2.97. The maximum absolute atomic E-state index is 14.1. The molecule has 1 N–H and O–H groups in total. The third-order valence-corrected chi connectivity index (χ3v) is 8.83. The number of carbonyl (C=O) groups excluding carboxylic acids is 2. The largest absolute Gasteiger partial charge is 0.493 e. The summed E-state index contributed by atoms with van der Waals surface area (Å²) in [6.07, 6.45) is 0.740. The Hall–Kier alpha value is -3.57. The maximum Gasteiger partial charge on any atom is 0.264 e. The Balaban J connectivity index is 2.05. The first-order valence-electron chi connectivity index (χ1n) is 13.1. The molecule has 0 bridgehead atoms. The van der Waals surface area contributed by atoms with Crippen LogP contribution in [-0.2, 0) is 26.2 Å². The minimum absolute atomic E-state index is 0.0725. The number of hydrogen-bond acceptors (Lipinski definition) is 6. The Morgan fingerprint density at radius 3 is 2.17 bits per heavy atom. The third-order valence-electron chi connectivity index (χ3n) is 6.53. The van der Waals surface area contributed by atoms with Crippen LogP contribution in [0.2, 0.25) is 0 Å². The van der Waals surface area contributed by atoms with Gasteiger partial charge in [-0.3, -0.25) is 13.9 Å². The fraction of sp³-hybridized carbons (Fsp3) is 0.333. The van der Waals surface area contributed by atoms with Crippen molar-refractivity contribution in [2.24, 2.45) is 0 Å². The number of amides is 2. The molecule has 0 saturated heterocycles. The Kier molecular flexibility index (Phi) is 11.2. The zero-order chi connectivity index (χ0) is 30.2. The molecule has 0 radical (unpaired) electrons. The summed E-state index contributed by atoms with van der Waals surface area (Å²) in [5.41, 5.74) is 2.04. The molecule has 0 fully saturated rings. The van der Waals surface area contributed by atoms with Crippen molar-refractivity contribution in [3.8, 4) is 11.5 Å². The molecular formula is C30H36BrN3O6S. The number of aryl methyl sites for hydroxylation is 1. The highest BCUT2D eigenvalue weighted by Crippen LogP contribution is 2.32. The predicted molar refractivity (Wildman–Crippen MR) is 163 cm³/mol. The number of hydrogen-bond donors (Lipinski definition) is 1. The van der Waals surface area contributed by atoms with Crippen molar-refractivity contribution < 1.29 is 27.5 Å². The van der Waals surface area contributed by atoms with Crippen molar-refractivity contribution in [3.63, 3.8) is 0 Å². The van der Waals surface area contributed by atoms with Crippen LogP contribution in [0.5, 0.6) is 11.5 Å². The molecule has 1 atom stereocenters. The number of benzene rings is 3. The Morgan fingerprint density at radius 1 is 0.951 bits per heavy atom. The van der Waals surface area contributed by atoms with Gasteiger partial charge < -0.3 is 19.7 Å². The molecule has 2 amide bonds. The van der Waals surface area contributed by atoms with E-state index in [1.54, 1.807) is 31.2 Å². The quantitative estimate of drug-likeness (QED) is 0.283. The number of sulfonamides is 1. The summed E-state index contributed by atoms with van der Waals surface area (Å²) < 4.78 is 40.6. The van der Waals surface area contributed by atoms with E-state index >= 15 is 0 Å². The lowest BCUT2D eigenvalue weighted by Gasteiger charge is -2.32. The second-order valence-electron chi connectivity index (χ2n) is 9.48.